The standard InChI is InChI=1S/C27H37F3N4O3/c1-17(2)21-13-22(25(36)14-24(21)35)18(3)34(26(31)16-37-5)20-7-6-19(23(12-20)27(28,29)30)15-33-10-8-32(4)9-11-33/h12-14,17,31,35-36H,3,6-11,15-16H2,1-2,4-5H3. The first kappa shape index (κ1) is 28.7. The minimum atomic E-state index is -4.56. The zero-order valence-electron chi connectivity index (χ0n) is 22.0. The molecule has 1 heterocycles. The number of ether oxygens (including phenoxy) is 1. The van der Waals surface area contributed by atoms with Gasteiger partial charge in [-0.25, -0.2) is 0 Å². The van der Waals surface area contributed by atoms with Crippen LogP contribution in [0.15, 0.2) is 41.6 Å². The molecule has 1 aliphatic heterocycles. The van der Waals surface area contributed by atoms with Gasteiger partial charge in [0.05, 0.1) is 11.3 Å². The van der Waals surface area contributed by atoms with Crippen molar-refractivity contribution in [2.24, 2.45) is 0 Å². The summed E-state index contributed by atoms with van der Waals surface area (Å²) in [4.78, 5) is 5.52. The number of methoxy groups -OCH3 is 1. The van der Waals surface area contributed by atoms with Gasteiger partial charge in [0, 0.05) is 57.2 Å². The largest absolute Gasteiger partial charge is 0.508 e. The monoisotopic (exact) mass is 522 g/mol. The van der Waals surface area contributed by atoms with Crippen molar-refractivity contribution in [1.82, 2.24) is 14.7 Å². The summed E-state index contributed by atoms with van der Waals surface area (Å²) in [6.07, 6.45) is -3.00. The molecule has 3 rings (SSSR count). The first-order valence-electron chi connectivity index (χ1n) is 12.4. The fraction of sp³-hybridized carbons (Fsp3) is 0.519. The molecule has 37 heavy (non-hydrogen) atoms. The highest BCUT2D eigenvalue weighted by molar-refractivity contribution is 5.92. The fourth-order valence-electron chi connectivity index (χ4n) is 4.77. The molecular weight excluding hydrogens is 485 g/mol. The number of likely N-dealkylation sites (N-methyl/N-ethyl adjacent to an activating group) is 1. The minimum absolute atomic E-state index is 0.0789. The molecule has 0 atom stereocenters. The second-order valence-electron chi connectivity index (χ2n) is 9.97. The summed E-state index contributed by atoms with van der Waals surface area (Å²) < 4.78 is 47.9. The number of alkyl halides is 3. The van der Waals surface area contributed by atoms with E-state index in [-0.39, 0.29) is 66.2 Å². The van der Waals surface area contributed by atoms with Crippen LogP contribution < -0.4 is 0 Å². The van der Waals surface area contributed by atoms with Gasteiger partial charge in [-0.3, -0.25) is 10.3 Å². The SMILES string of the molecule is C=C(c1cc(C(C)C)c(O)cc1O)N(C(=N)COC)C1=CC(C(F)(F)F)=C(CN2CCN(C)CC2)CC1. The van der Waals surface area contributed by atoms with Crippen LogP contribution in [-0.2, 0) is 4.74 Å². The molecule has 204 valence electrons. The van der Waals surface area contributed by atoms with E-state index in [4.69, 9.17) is 10.1 Å². The highest BCUT2D eigenvalue weighted by Crippen LogP contribution is 2.41. The first-order valence-corrected chi connectivity index (χ1v) is 12.4. The van der Waals surface area contributed by atoms with Crippen molar-refractivity contribution in [2.45, 2.75) is 38.8 Å². The number of rotatable bonds is 8. The molecular formula is C27H37F3N4O3. The number of piperazine rings is 1. The summed E-state index contributed by atoms with van der Waals surface area (Å²) in [6, 6.07) is 2.76. The lowest BCUT2D eigenvalue weighted by Crippen LogP contribution is -2.45. The van der Waals surface area contributed by atoms with Crippen molar-refractivity contribution in [1.29, 1.82) is 5.41 Å². The molecule has 3 N–H and O–H groups in total. The number of benzene rings is 1. The Morgan fingerprint density at radius 3 is 2.35 bits per heavy atom. The number of allylic oxidation sites excluding steroid dienone is 3. The quantitative estimate of drug-likeness (QED) is 0.333. The molecule has 7 nitrogen and oxygen atoms in total. The van der Waals surface area contributed by atoms with E-state index in [2.05, 4.69) is 11.5 Å². The Bertz CT molecular complexity index is 1090. The molecule has 1 aliphatic carbocycles. The Labute approximate surface area is 216 Å². The van der Waals surface area contributed by atoms with Crippen LogP contribution in [-0.4, -0.2) is 90.4 Å². The molecule has 10 heteroatoms. The van der Waals surface area contributed by atoms with Gasteiger partial charge in [-0.15, -0.1) is 0 Å². The predicted molar refractivity (Wildman–Crippen MR) is 139 cm³/mol. The van der Waals surface area contributed by atoms with E-state index in [0.717, 1.165) is 19.2 Å². The zero-order chi connectivity index (χ0) is 27.5. The molecule has 0 unspecified atom stereocenters. The van der Waals surface area contributed by atoms with Gasteiger partial charge in [-0.1, -0.05) is 20.4 Å². The Morgan fingerprint density at radius 2 is 1.78 bits per heavy atom. The molecule has 2 aliphatic rings. The number of amidine groups is 1. The average Bonchev–Trinajstić information content (AvgIpc) is 2.80. The number of halogens is 3. The second kappa shape index (κ2) is 11.7. The van der Waals surface area contributed by atoms with Crippen molar-refractivity contribution < 1.29 is 28.1 Å². The van der Waals surface area contributed by atoms with Crippen LogP contribution in [0.4, 0.5) is 13.2 Å². The van der Waals surface area contributed by atoms with E-state index in [9.17, 15) is 23.4 Å². The maximum absolute atomic E-state index is 14.3. The molecule has 0 radical (unpaired) electrons. The Kier molecular flexibility index (Phi) is 9.09. The molecule has 1 fully saturated rings. The number of phenols is 2. The van der Waals surface area contributed by atoms with E-state index in [0.29, 0.717) is 24.2 Å². The van der Waals surface area contributed by atoms with Crippen molar-refractivity contribution in [3.8, 4) is 11.5 Å². The van der Waals surface area contributed by atoms with Crippen LogP contribution >= 0.6 is 0 Å². The molecule has 1 saturated heterocycles. The number of aromatic hydroxyl groups is 2. The molecule has 0 saturated carbocycles. The van der Waals surface area contributed by atoms with Gasteiger partial charge in [0.1, 0.15) is 23.9 Å². The maximum Gasteiger partial charge on any atom is 0.416 e. The predicted octanol–water partition coefficient (Wildman–Crippen LogP) is 4.90. The molecule has 0 aromatic heterocycles. The Hall–Kier alpha value is -2.82. The van der Waals surface area contributed by atoms with Crippen molar-refractivity contribution in [3.63, 3.8) is 0 Å². The summed E-state index contributed by atoms with van der Waals surface area (Å²) in [5.41, 5.74) is 0.795. The number of hydrogen-bond donors (Lipinski definition) is 3. The van der Waals surface area contributed by atoms with E-state index >= 15 is 0 Å². The smallest absolute Gasteiger partial charge is 0.416 e. The van der Waals surface area contributed by atoms with Crippen LogP contribution in [0.1, 0.15) is 43.7 Å². The lowest BCUT2D eigenvalue weighted by atomic mass is 9.92. The van der Waals surface area contributed by atoms with E-state index in [1.54, 1.807) is 6.07 Å². The number of phenolic OH excluding ortho intramolecular Hbond substituents is 2. The van der Waals surface area contributed by atoms with Crippen molar-refractivity contribution in [3.05, 3.63) is 52.8 Å². The van der Waals surface area contributed by atoms with Crippen LogP contribution in [0.2, 0.25) is 0 Å². The van der Waals surface area contributed by atoms with Crippen LogP contribution in [0.5, 0.6) is 11.5 Å². The van der Waals surface area contributed by atoms with E-state index in [1.807, 2.05) is 25.8 Å². The third kappa shape index (κ3) is 6.74. The number of hydrogen-bond acceptors (Lipinski definition) is 6. The third-order valence-electron chi connectivity index (χ3n) is 6.88. The number of nitrogens with one attached hydrogen (secondary N) is 1. The maximum atomic E-state index is 14.3. The summed E-state index contributed by atoms with van der Waals surface area (Å²) in [5, 5.41) is 29.4. The molecule has 0 spiro atoms. The zero-order valence-corrected chi connectivity index (χ0v) is 22.0. The molecule has 0 amide bonds. The molecule has 1 aromatic rings. The Balaban J connectivity index is 2.03. The van der Waals surface area contributed by atoms with Crippen molar-refractivity contribution >= 4 is 11.5 Å². The van der Waals surface area contributed by atoms with Crippen molar-refractivity contribution in [2.75, 3.05) is 53.5 Å². The van der Waals surface area contributed by atoms with Crippen LogP contribution in [0.25, 0.3) is 5.70 Å². The topological polar surface area (TPSA) is 83.3 Å². The summed E-state index contributed by atoms with van der Waals surface area (Å²) in [7, 11) is 3.40. The van der Waals surface area contributed by atoms with E-state index in [1.165, 1.54) is 18.1 Å². The van der Waals surface area contributed by atoms with Gasteiger partial charge in [0.25, 0.3) is 0 Å². The minimum Gasteiger partial charge on any atom is -0.508 e. The van der Waals surface area contributed by atoms with E-state index < -0.39 is 11.7 Å². The summed E-state index contributed by atoms with van der Waals surface area (Å²) in [5.74, 6) is -0.553. The van der Waals surface area contributed by atoms with Gasteiger partial charge < -0.3 is 24.7 Å². The number of nitrogens with zero attached hydrogens (tertiary/aromatic N) is 3. The van der Waals surface area contributed by atoms with Crippen LogP contribution in [0, 0.1) is 5.41 Å². The van der Waals surface area contributed by atoms with Gasteiger partial charge in [-0.2, -0.15) is 13.2 Å². The lowest BCUT2D eigenvalue weighted by molar-refractivity contribution is -0.0898. The summed E-state index contributed by atoms with van der Waals surface area (Å²) >= 11 is 0. The average molecular weight is 523 g/mol. The second-order valence-corrected chi connectivity index (χ2v) is 9.97. The van der Waals surface area contributed by atoms with Gasteiger partial charge in [0.15, 0.2) is 0 Å². The first-order chi connectivity index (χ1) is 17.3. The highest BCUT2D eigenvalue weighted by atomic mass is 19.4. The van der Waals surface area contributed by atoms with Gasteiger partial charge in [0.2, 0.25) is 0 Å². The summed E-state index contributed by atoms with van der Waals surface area (Å²) in [6.45, 7) is 10.9. The molecule has 1 aromatic carbocycles. The highest BCUT2D eigenvalue weighted by Gasteiger charge is 2.38. The van der Waals surface area contributed by atoms with Crippen LogP contribution in [0.3, 0.4) is 0 Å². The lowest BCUT2D eigenvalue weighted by Gasteiger charge is -2.36. The molecule has 0 bridgehead atoms. The van der Waals surface area contributed by atoms with Gasteiger partial charge >= 0.3 is 6.18 Å². The third-order valence-corrected chi connectivity index (χ3v) is 6.88. The van der Waals surface area contributed by atoms with Gasteiger partial charge in [-0.05, 0) is 49.1 Å². The Morgan fingerprint density at radius 1 is 1.14 bits per heavy atom. The fourth-order valence-corrected chi connectivity index (χ4v) is 4.77. The normalized spacial score (nSPS) is 17.8.